The van der Waals surface area contributed by atoms with Crippen LogP contribution in [0, 0.1) is 18.7 Å². The summed E-state index contributed by atoms with van der Waals surface area (Å²) in [4.78, 5) is 2.57. The van der Waals surface area contributed by atoms with Gasteiger partial charge in [0.25, 0.3) is 0 Å². The molecule has 2 atom stereocenters. The van der Waals surface area contributed by atoms with Crippen LogP contribution in [0.15, 0.2) is 18.2 Å². The third-order valence-corrected chi connectivity index (χ3v) is 4.85. The molecule has 0 bridgehead atoms. The molecule has 0 aliphatic carbocycles. The maximum Gasteiger partial charge on any atom is 0.123 e. The van der Waals surface area contributed by atoms with Crippen LogP contribution < -0.4 is 5.32 Å². The van der Waals surface area contributed by atoms with Gasteiger partial charge in [0.2, 0.25) is 0 Å². The summed E-state index contributed by atoms with van der Waals surface area (Å²) in [6, 6.07) is 5.76. The summed E-state index contributed by atoms with van der Waals surface area (Å²) in [5, 5.41) is 3.69. The second-order valence-corrected chi connectivity index (χ2v) is 6.42. The van der Waals surface area contributed by atoms with Gasteiger partial charge in [-0.15, -0.1) is 0 Å². The van der Waals surface area contributed by atoms with E-state index in [1.165, 1.54) is 24.9 Å². The monoisotopic (exact) mass is 292 g/mol. The lowest BCUT2D eigenvalue weighted by molar-refractivity contribution is 0.240. The normalized spacial score (nSPS) is 22.0. The molecule has 1 heterocycles. The second kappa shape index (κ2) is 7.90. The summed E-state index contributed by atoms with van der Waals surface area (Å²) in [6.07, 6.45) is 3.46. The number of hydrogen-bond acceptors (Lipinski definition) is 2. The van der Waals surface area contributed by atoms with Crippen molar-refractivity contribution in [1.29, 1.82) is 0 Å². The van der Waals surface area contributed by atoms with Gasteiger partial charge in [-0.25, -0.2) is 4.39 Å². The molecule has 1 aliphatic rings. The van der Waals surface area contributed by atoms with Gasteiger partial charge >= 0.3 is 0 Å². The highest BCUT2D eigenvalue weighted by atomic mass is 19.1. The molecule has 21 heavy (non-hydrogen) atoms. The summed E-state index contributed by atoms with van der Waals surface area (Å²) in [5.74, 6) is 0.588. The molecule has 1 fully saturated rings. The number of halogens is 1. The van der Waals surface area contributed by atoms with E-state index in [9.17, 15) is 4.39 Å². The molecule has 0 spiro atoms. The van der Waals surface area contributed by atoms with Crippen LogP contribution in [0.4, 0.5) is 4.39 Å². The molecule has 0 amide bonds. The van der Waals surface area contributed by atoms with Crippen molar-refractivity contribution < 1.29 is 4.39 Å². The van der Waals surface area contributed by atoms with Crippen LogP contribution in [0.3, 0.4) is 0 Å². The highest BCUT2D eigenvalue weighted by Crippen LogP contribution is 2.15. The SMILES string of the molecule is CCC(C)C1CN(CCc2ccc(F)cc2C)CCCN1. The van der Waals surface area contributed by atoms with Gasteiger partial charge in [-0.1, -0.05) is 26.3 Å². The number of aryl methyl sites for hydroxylation is 1. The predicted octanol–water partition coefficient (Wildman–Crippen LogP) is 3.39. The third-order valence-electron chi connectivity index (χ3n) is 4.85. The van der Waals surface area contributed by atoms with E-state index in [0.29, 0.717) is 6.04 Å². The van der Waals surface area contributed by atoms with Crippen LogP contribution in [0.2, 0.25) is 0 Å². The van der Waals surface area contributed by atoms with Gasteiger partial charge in [0.1, 0.15) is 5.82 Å². The Labute approximate surface area is 128 Å². The summed E-state index contributed by atoms with van der Waals surface area (Å²) in [6.45, 7) is 11.1. The largest absolute Gasteiger partial charge is 0.312 e. The van der Waals surface area contributed by atoms with Crippen molar-refractivity contribution in [3.63, 3.8) is 0 Å². The maximum absolute atomic E-state index is 13.2. The number of benzene rings is 1. The van der Waals surface area contributed by atoms with E-state index in [1.54, 1.807) is 12.1 Å². The van der Waals surface area contributed by atoms with Crippen molar-refractivity contribution in [2.45, 2.75) is 46.1 Å². The quantitative estimate of drug-likeness (QED) is 0.895. The van der Waals surface area contributed by atoms with Crippen molar-refractivity contribution in [3.8, 4) is 0 Å². The molecule has 2 rings (SSSR count). The Morgan fingerprint density at radius 1 is 1.43 bits per heavy atom. The molecule has 118 valence electrons. The molecule has 1 aliphatic heterocycles. The van der Waals surface area contributed by atoms with Crippen LogP contribution in [0.1, 0.15) is 37.8 Å². The predicted molar refractivity (Wildman–Crippen MR) is 87.1 cm³/mol. The van der Waals surface area contributed by atoms with Gasteiger partial charge in [0.15, 0.2) is 0 Å². The Kier molecular flexibility index (Phi) is 6.19. The van der Waals surface area contributed by atoms with E-state index in [2.05, 4.69) is 24.1 Å². The fourth-order valence-electron chi connectivity index (χ4n) is 3.11. The smallest absolute Gasteiger partial charge is 0.123 e. The highest BCUT2D eigenvalue weighted by Gasteiger charge is 2.21. The number of nitrogens with one attached hydrogen (secondary N) is 1. The van der Waals surface area contributed by atoms with E-state index in [0.717, 1.165) is 37.5 Å². The molecule has 0 saturated carbocycles. The number of nitrogens with zero attached hydrogens (tertiary/aromatic N) is 1. The Balaban J connectivity index is 1.91. The molecule has 1 aromatic carbocycles. The van der Waals surface area contributed by atoms with Crippen LogP contribution >= 0.6 is 0 Å². The zero-order chi connectivity index (χ0) is 15.2. The lowest BCUT2D eigenvalue weighted by Crippen LogP contribution is -2.42. The second-order valence-electron chi connectivity index (χ2n) is 6.42. The molecule has 1 N–H and O–H groups in total. The average Bonchev–Trinajstić information content (AvgIpc) is 2.71. The first-order chi connectivity index (χ1) is 10.1. The molecular formula is C18H29FN2. The first-order valence-electron chi connectivity index (χ1n) is 8.31. The summed E-state index contributed by atoms with van der Waals surface area (Å²) >= 11 is 0. The Morgan fingerprint density at radius 2 is 2.24 bits per heavy atom. The number of rotatable bonds is 5. The van der Waals surface area contributed by atoms with Crippen molar-refractivity contribution in [1.82, 2.24) is 10.2 Å². The fraction of sp³-hybridized carbons (Fsp3) is 0.667. The lowest BCUT2D eigenvalue weighted by atomic mass is 9.98. The molecular weight excluding hydrogens is 263 g/mol. The zero-order valence-corrected chi connectivity index (χ0v) is 13.7. The molecule has 0 radical (unpaired) electrons. The topological polar surface area (TPSA) is 15.3 Å². The fourth-order valence-corrected chi connectivity index (χ4v) is 3.11. The lowest BCUT2D eigenvalue weighted by Gasteiger charge is -2.28. The van der Waals surface area contributed by atoms with E-state index >= 15 is 0 Å². The summed E-state index contributed by atoms with van der Waals surface area (Å²) in [5.41, 5.74) is 2.34. The van der Waals surface area contributed by atoms with Gasteiger partial charge in [-0.05, 0) is 62.0 Å². The van der Waals surface area contributed by atoms with Crippen LogP contribution in [-0.4, -0.2) is 37.1 Å². The third kappa shape index (κ3) is 4.79. The molecule has 3 heteroatoms. The van der Waals surface area contributed by atoms with Crippen LogP contribution in [0.25, 0.3) is 0 Å². The van der Waals surface area contributed by atoms with Gasteiger partial charge in [-0.2, -0.15) is 0 Å². The van der Waals surface area contributed by atoms with Crippen molar-refractivity contribution in [2.24, 2.45) is 5.92 Å². The number of hydrogen-bond donors (Lipinski definition) is 1. The molecule has 0 aromatic heterocycles. The summed E-state index contributed by atoms with van der Waals surface area (Å²) < 4.78 is 13.2. The Morgan fingerprint density at radius 3 is 2.95 bits per heavy atom. The van der Waals surface area contributed by atoms with Crippen LogP contribution in [-0.2, 0) is 6.42 Å². The van der Waals surface area contributed by atoms with E-state index in [4.69, 9.17) is 0 Å². The summed E-state index contributed by atoms with van der Waals surface area (Å²) in [7, 11) is 0. The first-order valence-corrected chi connectivity index (χ1v) is 8.31. The minimum Gasteiger partial charge on any atom is -0.312 e. The molecule has 1 aromatic rings. The van der Waals surface area contributed by atoms with Gasteiger partial charge < -0.3 is 10.2 Å². The van der Waals surface area contributed by atoms with E-state index in [1.807, 2.05) is 13.0 Å². The molecule has 2 unspecified atom stereocenters. The zero-order valence-electron chi connectivity index (χ0n) is 13.7. The average molecular weight is 292 g/mol. The Bertz CT molecular complexity index is 447. The standard InChI is InChI=1S/C18H29FN2/c1-4-14(2)18-13-21(10-5-9-20-18)11-8-16-6-7-17(19)12-15(16)3/h6-7,12,14,18,20H,4-5,8-11,13H2,1-3H3. The minimum absolute atomic E-state index is 0.132. The van der Waals surface area contributed by atoms with Crippen molar-refractivity contribution in [2.75, 3.05) is 26.2 Å². The van der Waals surface area contributed by atoms with Crippen molar-refractivity contribution >= 4 is 0 Å². The van der Waals surface area contributed by atoms with Gasteiger partial charge in [0, 0.05) is 19.1 Å². The Hall–Kier alpha value is -0.930. The van der Waals surface area contributed by atoms with Crippen LogP contribution in [0.5, 0.6) is 0 Å². The highest BCUT2D eigenvalue weighted by molar-refractivity contribution is 5.26. The minimum atomic E-state index is -0.132. The molecule has 2 nitrogen and oxygen atoms in total. The van der Waals surface area contributed by atoms with Crippen molar-refractivity contribution in [3.05, 3.63) is 35.1 Å². The first kappa shape index (κ1) is 16.4. The maximum atomic E-state index is 13.2. The van der Waals surface area contributed by atoms with E-state index < -0.39 is 0 Å². The van der Waals surface area contributed by atoms with Gasteiger partial charge in [0.05, 0.1) is 0 Å². The van der Waals surface area contributed by atoms with Gasteiger partial charge in [-0.3, -0.25) is 0 Å². The molecule has 1 saturated heterocycles. The van der Waals surface area contributed by atoms with E-state index in [-0.39, 0.29) is 5.82 Å².